The second-order valence-corrected chi connectivity index (χ2v) is 7.00. The Hall–Kier alpha value is -2.53. The third-order valence-electron chi connectivity index (χ3n) is 4.52. The summed E-state index contributed by atoms with van der Waals surface area (Å²) in [4.78, 5) is 24.5. The zero-order valence-electron chi connectivity index (χ0n) is 15.2. The molecular formula is C21H23ClN2O3. The summed E-state index contributed by atoms with van der Waals surface area (Å²) < 4.78 is 5.38. The van der Waals surface area contributed by atoms with Crippen LogP contribution in [0.1, 0.15) is 18.9 Å². The monoisotopic (exact) mass is 386 g/mol. The van der Waals surface area contributed by atoms with Crippen molar-refractivity contribution in [1.82, 2.24) is 5.32 Å². The van der Waals surface area contributed by atoms with Crippen LogP contribution >= 0.6 is 11.6 Å². The first-order valence-corrected chi connectivity index (χ1v) is 9.50. The van der Waals surface area contributed by atoms with E-state index in [1.807, 2.05) is 43.3 Å². The van der Waals surface area contributed by atoms with Gasteiger partial charge in [0.15, 0.2) is 0 Å². The van der Waals surface area contributed by atoms with E-state index in [-0.39, 0.29) is 23.7 Å². The molecule has 0 radical (unpaired) electrons. The van der Waals surface area contributed by atoms with E-state index in [1.54, 1.807) is 12.1 Å². The highest BCUT2D eigenvalue weighted by Crippen LogP contribution is 2.39. The SMILES string of the molecule is CCOc1ccc(NC(=O)C2CC2C(=O)NCCc2ccc(Cl)cc2)cc1. The predicted octanol–water partition coefficient (Wildman–Crippen LogP) is 3.67. The summed E-state index contributed by atoms with van der Waals surface area (Å²) in [7, 11) is 0. The van der Waals surface area contributed by atoms with Gasteiger partial charge in [0.05, 0.1) is 18.4 Å². The number of hydrogen-bond acceptors (Lipinski definition) is 3. The second kappa shape index (κ2) is 8.91. The Balaban J connectivity index is 1.40. The van der Waals surface area contributed by atoms with Gasteiger partial charge in [-0.1, -0.05) is 23.7 Å². The number of anilines is 1. The average Bonchev–Trinajstić information content (AvgIpc) is 3.46. The topological polar surface area (TPSA) is 67.4 Å². The van der Waals surface area contributed by atoms with Gasteiger partial charge in [-0.2, -0.15) is 0 Å². The van der Waals surface area contributed by atoms with Crippen LogP contribution in [0.2, 0.25) is 5.02 Å². The predicted molar refractivity (Wildman–Crippen MR) is 106 cm³/mol. The molecule has 2 atom stereocenters. The molecule has 142 valence electrons. The molecule has 1 aliphatic carbocycles. The Kier molecular flexibility index (Phi) is 6.35. The molecule has 27 heavy (non-hydrogen) atoms. The molecule has 2 aromatic rings. The summed E-state index contributed by atoms with van der Waals surface area (Å²) in [6.07, 6.45) is 1.33. The van der Waals surface area contributed by atoms with E-state index in [2.05, 4.69) is 10.6 Å². The van der Waals surface area contributed by atoms with Crippen molar-refractivity contribution < 1.29 is 14.3 Å². The van der Waals surface area contributed by atoms with Gasteiger partial charge < -0.3 is 15.4 Å². The van der Waals surface area contributed by atoms with E-state index < -0.39 is 0 Å². The molecule has 1 fully saturated rings. The van der Waals surface area contributed by atoms with Crippen LogP contribution in [0.3, 0.4) is 0 Å². The van der Waals surface area contributed by atoms with E-state index in [9.17, 15) is 9.59 Å². The first kappa shape index (κ1) is 19.2. The van der Waals surface area contributed by atoms with Crippen molar-refractivity contribution in [2.24, 2.45) is 11.8 Å². The van der Waals surface area contributed by atoms with Crippen LogP contribution < -0.4 is 15.4 Å². The largest absolute Gasteiger partial charge is 0.494 e. The first-order chi connectivity index (χ1) is 13.1. The summed E-state index contributed by atoms with van der Waals surface area (Å²) in [6.45, 7) is 3.07. The number of rotatable bonds is 8. The maximum atomic E-state index is 12.3. The lowest BCUT2D eigenvalue weighted by Crippen LogP contribution is -2.29. The summed E-state index contributed by atoms with van der Waals surface area (Å²) in [5, 5.41) is 6.46. The van der Waals surface area contributed by atoms with Crippen molar-refractivity contribution in [3.8, 4) is 5.75 Å². The summed E-state index contributed by atoms with van der Waals surface area (Å²) >= 11 is 5.86. The highest BCUT2D eigenvalue weighted by atomic mass is 35.5. The van der Waals surface area contributed by atoms with Gasteiger partial charge in [-0.05, 0) is 61.7 Å². The van der Waals surface area contributed by atoms with Crippen LogP contribution in [0, 0.1) is 11.8 Å². The highest BCUT2D eigenvalue weighted by Gasteiger charge is 2.47. The third kappa shape index (κ3) is 5.47. The second-order valence-electron chi connectivity index (χ2n) is 6.56. The smallest absolute Gasteiger partial charge is 0.228 e. The number of carbonyl (C=O) groups is 2. The molecule has 2 aromatic carbocycles. The van der Waals surface area contributed by atoms with Crippen molar-refractivity contribution in [2.75, 3.05) is 18.5 Å². The molecule has 0 aromatic heterocycles. The van der Waals surface area contributed by atoms with E-state index >= 15 is 0 Å². The molecule has 0 bridgehead atoms. The fraction of sp³-hybridized carbons (Fsp3) is 0.333. The lowest BCUT2D eigenvalue weighted by molar-refractivity contribution is -0.125. The van der Waals surface area contributed by atoms with Crippen LogP contribution in [0.15, 0.2) is 48.5 Å². The van der Waals surface area contributed by atoms with Crippen LogP contribution in [0.25, 0.3) is 0 Å². The minimum Gasteiger partial charge on any atom is -0.494 e. The van der Waals surface area contributed by atoms with Crippen LogP contribution in [0.4, 0.5) is 5.69 Å². The number of ether oxygens (including phenoxy) is 1. The van der Waals surface area contributed by atoms with Gasteiger partial charge in [0.25, 0.3) is 0 Å². The molecule has 0 spiro atoms. The van der Waals surface area contributed by atoms with Gasteiger partial charge in [-0.25, -0.2) is 0 Å². The Bertz CT molecular complexity index is 790. The Morgan fingerprint density at radius 3 is 2.37 bits per heavy atom. The quantitative estimate of drug-likeness (QED) is 0.727. The summed E-state index contributed by atoms with van der Waals surface area (Å²) in [5.74, 6) is 0.0951. The van der Waals surface area contributed by atoms with Gasteiger partial charge in [0.1, 0.15) is 5.75 Å². The van der Waals surface area contributed by atoms with Crippen LogP contribution in [-0.2, 0) is 16.0 Å². The Morgan fingerprint density at radius 1 is 1.04 bits per heavy atom. The number of hydrogen-bond donors (Lipinski definition) is 2. The normalized spacial score (nSPS) is 17.9. The molecule has 1 saturated carbocycles. The maximum Gasteiger partial charge on any atom is 0.228 e. The molecule has 2 amide bonds. The fourth-order valence-electron chi connectivity index (χ4n) is 2.92. The molecule has 0 saturated heterocycles. The van der Waals surface area contributed by atoms with E-state index in [0.717, 1.165) is 17.7 Å². The van der Waals surface area contributed by atoms with Gasteiger partial charge in [-0.3, -0.25) is 9.59 Å². The number of carbonyl (C=O) groups excluding carboxylic acids is 2. The number of benzene rings is 2. The Labute approximate surface area is 164 Å². The minimum absolute atomic E-state index is 0.0594. The molecule has 0 heterocycles. The Morgan fingerprint density at radius 2 is 1.70 bits per heavy atom. The zero-order valence-corrected chi connectivity index (χ0v) is 16.0. The van der Waals surface area contributed by atoms with Crippen LogP contribution in [-0.4, -0.2) is 25.0 Å². The molecule has 5 nitrogen and oxygen atoms in total. The first-order valence-electron chi connectivity index (χ1n) is 9.12. The number of nitrogens with one attached hydrogen (secondary N) is 2. The fourth-order valence-corrected chi connectivity index (χ4v) is 3.05. The zero-order chi connectivity index (χ0) is 19.2. The van der Waals surface area contributed by atoms with Crippen molar-refractivity contribution in [3.63, 3.8) is 0 Å². The van der Waals surface area contributed by atoms with Crippen molar-refractivity contribution in [1.29, 1.82) is 0 Å². The number of halogens is 1. The molecule has 0 aliphatic heterocycles. The minimum atomic E-state index is -0.257. The molecule has 1 aliphatic rings. The highest BCUT2D eigenvalue weighted by molar-refractivity contribution is 6.30. The lowest BCUT2D eigenvalue weighted by Gasteiger charge is -2.08. The maximum absolute atomic E-state index is 12.3. The van der Waals surface area contributed by atoms with Gasteiger partial charge in [-0.15, -0.1) is 0 Å². The molecule has 6 heteroatoms. The lowest BCUT2D eigenvalue weighted by atomic mass is 10.1. The van der Waals surface area contributed by atoms with E-state index in [4.69, 9.17) is 16.3 Å². The third-order valence-corrected chi connectivity index (χ3v) is 4.77. The van der Waals surface area contributed by atoms with Crippen LogP contribution in [0.5, 0.6) is 5.75 Å². The summed E-state index contributed by atoms with van der Waals surface area (Å²) in [5.41, 5.74) is 1.82. The standard InChI is InChI=1S/C21H23ClN2O3/c1-2-27-17-9-7-16(8-10-17)24-21(26)19-13-18(19)20(25)23-12-11-14-3-5-15(22)6-4-14/h3-10,18-19H,2,11-13H2,1H3,(H,23,25)(H,24,26). The van der Waals surface area contributed by atoms with Crippen molar-refractivity contribution >= 4 is 29.1 Å². The molecule has 3 rings (SSSR count). The molecule has 2 unspecified atom stereocenters. The molecular weight excluding hydrogens is 364 g/mol. The average molecular weight is 387 g/mol. The summed E-state index contributed by atoms with van der Waals surface area (Å²) in [6, 6.07) is 14.8. The van der Waals surface area contributed by atoms with Gasteiger partial charge in [0, 0.05) is 17.3 Å². The van der Waals surface area contributed by atoms with Crippen molar-refractivity contribution in [2.45, 2.75) is 19.8 Å². The van der Waals surface area contributed by atoms with E-state index in [0.29, 0.717) is 30.3 Å². The number of amides is 2. The van der Waals surface area contributed by atoms with Crippen molar-refractivity contribution in [3.05, 3.63) is 59.1 Å². The molecule has 2 N–H and O–H groups in total. The van der Waals surface area contributed by atoms with Gasteiger partial charge >= 0.3 is 0 Å². The van der Waals surface area contributed by atoms with Gasteiger partial charge in [0.2, 0.25) is 11.8 Å². The van der Waals surface area contributed by atoms with E-state index in [1.165, 1.54) is 0 Å².